The second-order valence-corrected chi connectivity index (χ2v) is 7.03. The van der Waals surface area contributed by atoms with E-state index in [1.54, 1.807) is 31.6 Å². The lowest BCUT2D eigenvalue weighted by atomic mass is 10.0. The summed E-state index contributed by atoms with van der Waals surface area (Å²) in [6.45, 7) is 7.13. The van der Waals surface area contributed by atoms with E-state index in [1.165, 1.54) is 6.92 Å². The SMILES string of the molecule is C#C.C/C=C\C.CC(=O)N/C(=C/C/C(Cl)=C(\C)Cl)c1cc(-c2cccnc2)cnc1N. The first-order valence-corrected chi connectivity index (χ1v) is 10.1. The molecule has 0 atom stereocenters. The molecule has 0 aromatic carbocycles. The molecule has 0 saturated heterocycles. The lowest BCUT2D eigenvalue weighted by Crippen LogP contribution is -2.19. The number of nitrogen functional groups attached to an aromatic ring is 1. The maximum atomic E-state index is 11.6. The van der Waals surface area contributed by atoms with Gasteiger partial charge >= 0.3 is 0 Å². The molecule has 2 heterocycles. The Morgan fingerprint density at radius 1 is 1.16 bits per heavy atom. The van der Waals surface area contributed by atoms with Gasteiger partial charge in [-0.25, -0.2) is 4.98 Å². The van der Waals surface area contributed by atoms with E-state index >= 15 is 0 Å². The molecule has 0 radical (unpaired) electrons. The average Bonchev–Trinajstić information content (AvgIpc) is 2.78. The van der Waals surface area contributed by atoms with E-state index in [-0.39, 0.29) is 5.91 Å². The Morgan fingerprint density at radius 3 is 2.29 bits per heavy atom. The molecule has 0 aliphatic rings. The van der Waals surface area contributed by atoms with Gasteiger partial charge in [0.15, 0.2) is 0 Å². The average molecular weight is 459 g/mol. The van der Waals surface area contributed by atoms with Crippen molar-refractivity contribution in [2.24, 2.45) is 0 Å². The van der Waals surface area contributed by atoms with Crippen molar-refractivity contribution in [3.05, 3.63) is 70.6 Å². The third-order valence-electron chi connectivity index (χ3n) is 3.71. The molecule has 164 valence electrons. The van der Waals surface area contributed by atoms with Crippen LogP contribution < -0.4 is 11.1 Å². The number of pyridine rings is 2. The minimum absolute atomic E-state index is 0.222. The van der Waals surface area contributed by atoms with Gasteiger partial charge in [-0.2, -0.15) is 0 Å². The molecule has 5 nitrogen and oxygen atoms in total. The second-order valence-electron chi connectivity index (χ2n) is 6.01. The van der Waals surface area contributed by atoms with Gasteiger partial charge in [-0.3, -0.25) is 9.78 Å². The predicted molar refractivity (Wildman–Crippen MR) is 133 cm³/mol. The fourth-order valence-corrected chi connectivity index (χ4v) is 2.29. The first kappa shape index (κ1) is 27.9. The Labute approximate surface area is 195 Å². The maximum absolute atomic E-state index is 11.6. The molecule has 2 rings (SSSR count). The highest BCUT2D eigenvalue weighted by atomic mass is 35.5. The van der Waals surface area contributed by atoms with Crippen LogP contribution in [-0.4, -0.2) is 15.9 Å². The standard InChI is InChI=1S/C18H18Cl2N4O.C4H8.C2H2/c1-11(19)16(20)5-6-17(24-12(2)25)15-8-14(10-23-18(15)21)13-4-3-7-22-9-13;1-3-4-2;1-2/h3-4,6-10H,5H2,1-2H3,(H2,21,23)(H,24,25);3-4H,1-2H3;1-2H/b16-11-,17-6+;4-3-;. The number of anilines is 1. The zero-order chi connectivity index (χ0) is 23.8. The van der Waals surface area contributed by atoms with E-state index in [0.29, 0.717) is 33.6 Å². The molecule has 0 spiro atoms. The highest BCUT2D eigenvalue weighted by molar-refractivity contribution is 6.38. The van der Waals surface area contributed by atoms with Crippen molar-refractivity contribution >= 4 is 40.6 Å². The summed E-state index contributed by atoms with van der Waals surface area (Å²) < 4.78 is 0. The molecule has 2 aromatic rings. The number of allylic oxidation sites excluding steroid dienone is 5. The van der Waals surface area contributed by atoms with E-state index in [9.17, 15) is 4.79 Å². The smallest absolute Gasteiger partial charge is 0.221 e. The first-order chi connectivity index (χ1) is 14.8. The van der Waals surface area contributed by atoms with Crippen LogP contribution in [0.5, 0.6) is 0 Å². The summed E-state index contributed by atoms with van der Waals surface area (Å²) in [5.74, 6) is 0.0791. The van der Waals surface area contributed by atoms with Crippen molar-refractivity contribution in [2.75, 3.05) is 5.73 Å². The van der Waals surface area contributed by atoms with Gasteiger partial charge in [0.1, 0.15) is 5.82 Å². The topological polar surface area (TPSA) is 80.9 Å². The predicted octanol–water partition coefficient (Wildman–Crippen LogP) is 6.13. The number of aromatic nitrogens is 2. The molecular formula is C24H28Cl2N4O. The summed E-state index contributed by atoms with van der Waals surface area (Å²) in [6, 6.07) is 5.61. The number of carbonyl (C=O) groups excluding carboxylic acids is 1. The normalized spacial score (nSPS) is 11.4. The monoisotopic (exact) mass is 458 g/mol. The van der Waals surface area contributed by atoms with Crippen molar-refractivity contribution in [1.29, 1.82) is 0 Å². The summed E-state index contributed by atoms with van der Waals surface area (Å²) >= 11 is 12.0. The number of nitrogens with two attached hydrogens (primary N) is 1. The van der Waals surface area contributed by atoms with Gasteiger partial charge < -0.3 is 11.1 Å². The van der Waals surface area contributed by atoms with Gasteiger partial charge in [0.05, 0.1) is 0 Å². The lowest BCUT2D eigenvalue weighted by Gasteiger charge is -2.13. The molecule has 31 heavy (non-hydrogen) atoms. The third kappa shape index (κ3) is 10.5. The highest BCUT2D eigenvalue weighted by Gasteiger charge is 2.11. The van der Waals surface area contributed by atoms with Crippen LogP contribution in [0.15, 0.2) is 65.1 Å². The van der Waals surface area contributed by atoms with E-state index in [0.717, 1.165) is 11.1 Å². The number of carbonyl (C=O) groups is 1. The zero-order valence-corrected chi connectivity index (χ0v) is 19.7. The van der Waals surface area contributed by atoms with Crippen LogP contribution in [0.2, 0.25) is 0 Å². The number of halogens is 2. The number of hydrogen-bond acceptors (Lipinski definition) is 4. The third-order valence-corrected chi connectivity index (χ3v) is 4.47. The number of nitrogens with one attached hydrogen (secondary N) is 1. The Morgan fingerprint density at radius 2 is 1.81 bits per heavy atom. The largest absolute Gasteiger partial charge is 0.383 e. The molecule has 0 saturated carbocycles. The Hall–Kier alpha value is -3.07. The van der Waals surface area contributed by atoms with Crippen LogP contribution in [0, 0.1) is 12.8 Å². The van der Waals surface area contributed by atoms with Gasteiger partial charge in [0.2, 0.25) is 5.91 Å². The van der Waals surface area contributed by atoms with Crippen LogP contribution in [0.4, 0.5) is 5.82 Å². The van der Waals surface area contributed by atoms with E-state index in [1.807, 2.05) is 44.2 Å². The Bertz CT molecular complexity index is 941. The summed E-state index contributed by atoms with van der Waals surface area (Å²) in [4.78, 5) is 19.9. The van der Waals surface area contributed by atoms with Gasteiger partial charge in [-0.05, 0) is 32.9 Å². The summed E-state index contributed by atoms with van der Waals surface area (Å²) in [5.41, 5.74) is 8.89. The molecule has 7 heteroatoms. The van der Waals surface area contributed by atoms with Gasteiger partial charge in [-0.15, -0.1) is 12.8 Å². The summed E-state index contributed by atoms with van der Waals surface area (Å²) in [6.07, 6.45) is 19.2. The van der Waals surface area contributed by atoms with Crippen molar-refractivity contribution in [2.45, 2.75) is 34.1 Å². The van der Waals surface area contributed by atoms with Crippen molar-refractivity contribution in [3.8, 4) is 24.0 Å². The number of hydrogen-bond donors (Lipinski definition) is 2. The summed E-state index contributed by atoms with van der Waals surface area (Å²) in [5, 5.41) is 3.75. The minimum atomic E-state index is -0.222. The minimum Gasteiger partial charge on any atom is -0.383 e. The zero-order valence-electron chi connectivity index (χ0n) is 18.2. The van der Waals surface area contributed by atoms with E-state index in [4.69, 9.17) is 28.9 Å². The molecule has 0 aliphatic carbocycles. The molecule has 0 unspecified atom stereocenters. The number of amides is 1. The molecule has 3 N–H and O–H groups in total. The van der Waals surface area contributed by atoms with E-state index in [2.05, 4.69) is 28.1 Å². The van der Waals surface area contributed by atoms with Crippen molar-refractivity contribution in [1.82, 2.24) is 15.3 Å². The molecule has 0 aliphatic heterocycles. The van der Waals surface area contributed by atoms with Gasteiger partial charge in [0.25, 0.3) is 0 Å². The van der Waals surface area contributed by atoms with Crippen LogP contribution in [0.1, 0.15) is 39.7 Å². The van der Waals surface area contributed by atoms with Crippen LogP contribution in [-0.2, 0) is 4.79 Å². The van der Waals surface area contributed by atoms with Gasteiger partial charge in [-0.1, -0.05) is 47.5 Å². The molecule has 0 fully saturated rings. The summed E-state index contributed by atoms with van der Waals surface area (Å²) in [7, 11) is 0. The lowest BCUT2D eigenvalue weighted by molar-refractivity contribution is -0.117. The maximum Gasteiger partial charge on any atom is 0.221 e. The molecule has 1 amide bonds. The molecule has 2 aromatic heterocycles. The first-order valence-electron chi connectivity index (χ1n) is 9.35. The fourth-order valence-electron chi connectivity index (χ4n) is 2.13. The quantitative estimate of drug-likeness (QED) is 0.416. The van der Waals surface area contributed by atoms with Crippen LogP contribution in [0.3, 0.4) is 0 Å². The number of terminal acetylenes is 1. The second kappa shape index (κ2) is 15.7. The van der Waals surface area contributed by atoms with Crippen molar-refractivity contribution in [3.63, 3.8) is 0 Å². The Balaban J connectivity index is 0.00000134. The fraction of sp³-hybridized carbons (Fsp3) is 0.208. The highest BCUT2D eigenvalue weighted by Crippen LogP contribution is 2.27. The van der Waals surface area contributed by atoms with E-state index < -0.39 is 0 Å². The van der Waals surface area contributed by atoms with Gasteiger partial charge in [0, 0.05) is 64.4 Å². The van der Waals surface area contributed by atoms with Crippen LogP contribution in [0.25, 0.3) is 16.8 Å². The molecule has 0 bridgehead atoms. The molecular weight excluding hydrogens is 431 g/mol. The Kier molecular flexibility index (Phi) is 14.2. The number of rotatable bonds is 5. The van der Waals surface area contributed by atoms with Crippen LogP contribution >= 0.6 is 23.2 Å². The number of nitrogens with zero attached hydrogens (tertiary/aromatic N) is 2. The van der Waals surface area contributed by atoms with Crippen molar-refractivity contribution < 1.29 is 4.79 Å².